The van der Waals surface area contributed by atoms with Crippen LogP contribution in [0.4, 0.5) is 0 Å². The van der Waals surface area contributed by atoms with E-state index in [0.717, 1.165) is 25.8 Å². The fourth-order valence-electron chi connectivity index (χ4n) is 1.72. The van der Waals surface area contributed by atoms with E-state index in [4.69, 9.17) is 4.42 Å². The number of rotatable bonds is 8. The molecule has 0 saturated heterocycles. The molecule has 0 bridgehead atoms. The molecule has 1 aromatic rings. The molecule has 1 heterocycles. The predicted molar refractivity (Wildman–Crippen MR) is 66.9 cm³/mol. The SMILES string of the molecule is O=C(CCCNCC(O)c1ccco1)NC1CC1. The highest BCUT2D eigenvalue weighted by Gasteiger charge is 2.22. The third-order valence-electron chi connectivity index (χ3n) is 2.91. The van der Waals surface area contributed by atoms with Gasteiger partial charge in [0.2, 0.25) is 5.91 Å². The van der Waals surface area contributed by atoms with E-state index in [-0.39, 0.29) is 5.91 Å². The largest absolute Gasteiger partial charge is 0.467 e. The zero-order chi connectivity index (χ0) is 12.8. The first-order valence-corrected chi connectivity index (χ1v) is 6.47. The van der Waals surface area contributed by atoms with E-state index >= 15 is 0 Å². The minimum absolute atomic E-state index is 0.130. The van der Waals surface area contributed by atoms with Gasteiger partial charge in [0, 0.05) is 19.0 Å². The molecule has 1 aliphatic carbocycles. The smallest absolute Gasteiger partial charge is 0.220 e. The van der Waals surface area contributed by atoms with Gasteiger partial charge in [-0.05, 0) is 37.9 Å². The van der Waals surface area contributed by atoms with Crippen molar-refractivity contribution in [2.24, 2.45) is 0 Å². The zero-order valence-electron chi connectivity index (χ0n) is 10.4. The minimum atomic E-state index is -0.625. The molecular weight excluding hydrogens is 232 g/mol. The number of carbonyl (C=O) groups excluding carboxylic acids is 1. The summed E-state index contributed by atoms with van der Waals surface area (Å²) < 4.78 is 5.09. The summed E-state index contributed by atoms with van der Waals surface area (Å²) in [6.07, 6.45) is 4.49. The first-order chi connectivity index (χ1) is 8.75. The molecule has 1 saturated carbocycles. The van der Waals surface area contributed by atoms with E-state index in [0.29, 0.717) is 24.8 Å². The maximum absolute atomic E-state index is 11.4. The molecule has 3 N–H and O–H groups in total. The number of amides is 1. The van der Waals surface area contributed by atoms with Gasteiger partial charge in [0.15, 0.2) is 0 Å². The number of aliphatic hydroxyl groups is 1. The first-order valence-electron chi connectivity index (χ1n) is 6.47. The zero-order valence-corrected chi connectivity index (χ0v) is 10.4. The molecule has 1 aliphatic rings. The second kappa shape index (κ2) is 6.56. The summed E-state index contributed by atoms with van der Waals surface area (Å²) in [6, 6.07) is 3.93. The van der Waals surface area contributed by atoms with Gasteiger partial charge in [-0.3, -0.25) is 4.79 Å². The summed E-state index contributed by atoms with van der Waals surface area (Å²) in [5.41, 5.74) is 0. The Kier molecular flexibility index (Phi) is 4.78. The van der Waals surface area contributed by atoms with Crippen molar-refractivity contribution in [1.82, 2.24) is 10.6 Å². The molecule has 0 spiro atoms. The Hall–Kier alpha value is -1.33. The monoisotopic (exact) mass is 252 g/mol. The van der Waals surface area contributed by atoms with E-state index in [1.807, 2.05) is 0 Å². The summed E-state index contributed by atoms with van der Waals surface area (Å²) in [5.74, 6) is 0.694. The second-order valence-electron chi connectivity index (χ2n) is 4.68. The molecule has 2 rings (SSSR count). The standard InChI is InChI=1S/C13H20N2O3/c16-11(12-3-2-8-18-12)9-14-7-1-4-13(17)15-10-5-6-10/h2-3,8,10-11,14,16H,1,4-7,9H2,(H,15,17). The molecule has 1 amide bonds. The van der Waals surface area contributed by atoms with E-state index in [1.165, 1.54) is 0 Å². The van der Waals surface area contributed by atoms with Crippen molar-refractivity contribution < 1.29 is 14.3 Å². The number of carbonyl (C=O) groups is 1. The molecule has 18 heavy (non-hydrogen) atoms. The number of furan rings is 1. The summed E-state index contributed by atoms with van der Waals surface area (Å²) in [4.78, 5) is 11.4. The average Bonchev–Trinajstić information content (AvgIpc) is 2.98. The van der Waals surface area contributed by atoms with Crippen molar-refractivity contribution in [2.45, 2.75) is 37.8 Å². The molecule has 0 radical (unpaired) electrons. The molecule has 0 aliphatic heterocycles. The highest BCUT2D eigenvalue weighted by molar-refractivity contribution is 5.76. The molecule has 100 valence electrons. The quantitative estimate of drug-likeness (QED) is 0.602. The molecule has 0 aromatic carbocycles. The van der Waals surface area contributed by atoms with Crippen LogP contribution in [0.3, 0.4) is 0 Å². The van der Waals surface area contributed by atoms with Crippen LogP contribution in [0.25, 0.3) is 0 Å². The van der Waals surface area contributed by atoms with Crippen LogP contribution in [0, 0.1) is 0 Å². The number of aliphatic hydroxyl groups excluding tert-OH is 1. The Bertz CT molecular complexity index is 360. The fourth-order valence-corrected chi connectivity index (χ4v) is 1.72. The second-order valence-corrected chi connectivity index (χ2v) is 4.68. The van der Waals surface area contributed by atoms with Gasteiger partial charge in [0.25, 0.3) is 0 Å². The Balaban J connectivity index is 1.49. The van der Waals surface area contributed by atoms with Gasteiger partial charge in [-0.15, -0.1) is 0 Å². The van der Waals surface area contributed by atoms with Crippen LogP contribution in [0.2, 0.25) is 0 Å². The summed E-state index contributed by atoms with van der Waals surface area (Å²) >= 11 is 0. The predicted octanol–water partition coefficient (Wildman–Crippen LogP) is 0.961. The van der Waals surface area contributed by atoms with Crippen LogP contribution in [-0.4, -0.2) is 30.1 Å². The normalized spacial score (nSPS) is 16.5. The first kappa shape index (κ1) is 13.1. The van der Waals surface area contributed by atoms with Gasteiger partial charge >= 0.3 is 0 Å². The summed E-state index contributed by atoms with van der Waals surface area (Å²) in [7, 11) is 0. The maximum Gasteiger partial charge on any atom is 0.220 e. The minimum Gasteiger partial charge on any atom is -0.467 e. The molecule has 5 nitrogen and oxygen atoms in total. The highest BCUT2D eigenvalue weighted by Crippen LogP contribution is 2.18. The van der Waals surface area contributed by atoms with Gasteiger partial charge in [0.05, 0.1) is 6.26 Å². The molecule has 5 heteroatoms. The highest BCUT2D eigenvalue weighted by atomic mass is 16.4. The van der Waals surface area contributed by atoms with Crippen molar-refractivity contribution in [2.75, 3.05) is 13.1 Å². The third-order valence-corrected chi connectivity index (χ3v) is 2.91. The summed E-state index contributed by atoms with van der Waals surface area (Å²) in [6.45, 7) is 1.16. The lowest BCUT2D eigenvalue weighted by molar-refractivity contribution is -0.121. The van der Waals surface area contributed by atoms with Crippen LogP contribution in [0.1, 0.15) is 37.5 Å². The van der Waals surface area contributed by atoms with Crippen LogP contribution in [0.5, 0.6) is 0 Å². The van der Waals surface area contributed by atoms with Crippen molar-refractivity contribution in [1.29, 1.82) is 0 Å². The Labute approximate surface area is 107 Å². The maximum atomic E-state index is 11.4. The third kappa shape index (κ3) is 4.50. The van der Waals surface area contributed by atoms with Gasteiger partial charge in [-0.1, -0.05) is 0 Å². The van der Waals surface area contributed by atoms with Crippen molar-refractivity contribution in [3.05, 3.63) is 24.2 Å². The van der Waals surface area contributed by atoms with Gasteiger partial charge < -0.3 is 20.2 Å². The Morgan fingerprint density at radius 2 is 2.39 bits per heavy atom. The average molecular weight is 252 g/mol. The van der Waals surface area contributed by atoms with E-state index in [1.54, 1.807) is 18.4 Å². The van der Waals surface area contributed by atoms with Crippen molar-refractivity contribution in [3.63, 3.8) is 0 Å². The number of hydrogen-bond acceptors (Lipinski definition) is 4. The van der Waals surface area contributed by atoms with Gasteiger partial charge in [-0.25, -0.2) is 0 Å². The van der Waals surface area contributed by atoms with E-state index in [2.05, 4.69) is 10.6 Å². The van der Waals surface area contributed by atoms with Crippen molar-refractivity contribution in [3.8, 4) is 0 Å². The Morgan fingerprint density at radius 1 is 1.56 bits per heavy atom. The number of hydrogen-bond donors (Lipinski definition) is 3. The lowest BCUT2D eigenvalue weighted by Gasteiger charge is -2.09. The molecule has 1 atom stereocenters. The lowest BCUT2D eigenvalue weighted by Crippen LogP contribution is -2.27. The molecule has 1 unspecified atom stereocenters. The van der Waals surface area contributed by atoms with E-state index in [9.17, 15) is 9.90 Å². The van der Waals surface area contributed by atoms with Crippen LogP contribution >= 0.6 is 0 Å². The van der Waals surface area contributed by atoms with E-state index < -0.39 is 6.10 Å². The van der Waals surface area contributed by atoms with Crippen molar-refractivity contribution >= 4 is 5.91 Å². The molecule has 1 fully saturated rings. The number of nitrogens with one attached hydrogen (secondary N) is 2. The van der Waals surface area contributed by atoms with Gasteiger partial charge in [0.1, 0.15) is 11.9 Å². The van der Waals surface area contributed by atoms with Crippen LogP contribution in [0.15, 0.2) is 22.8 Å². The van der Waals surface area contributed by atoms with Gasteiger partial charge in [-0.2, -0.15) is 0 Å². The van der Waals surface area contributed by atoms with Crippen LogP contribution < -0.4 is 10.6 Å². The van der Waals surface area contributed by atoms with Crippen LogP contribution in [-0.2, 0) is 4.79 Å². The fraction of sp³-hybridized carbons (Fsp3) is 0.615. The Morgan fingerprint density at radius 3 is 3.06 bits per heavy atom. The lowest BCUT2D eigenvalue weighted by atomic mass is 10.2. The topological polar surface area (TPSA) is 74.5 Å². The summed E-state index contributed by atoms with van der Waals surface area (Å²) in [5, 5.41) is 15.8. The molecular formula is C13H20N2O3. The molecule has 1 aromatic heterocycles.